The van der Waals surface area contributed by atoms with Crippen LogP contribution in [0.4, 0.5) is 0 Å². The maximum absolute atomic E-state index is 5.47. The zero-order valence-corrected chi connectivity index (χ0v) is 35.2. The van der Waals surface area contributed by atoms with Crippen molar-refractivity contribution in [3.05, 3.63) is 247 Å². The normalized spacial score (nSPS) is 13.0. The van der Waals surface area contributed by atoms with Gasteiger partial charge in [-0.3, -0.25) is 0 Å². The van der Waals surface area contributed by atoms with Crippen molar-refractivity contribution in [3.8, 4) is 67.5 Å². The van der Waals surface area contributed by atoms with Crippen LogP contribution < -0.4 is 0 Å². The fourth-order valence-corrected chi connectivity index (χ4v) is 11.5. The third-order valence-corrected chi connectivity index (χ3v) is 14.1. The van der Waals surface area contributed by atoms with Gasteiger partial charge in [0.1, 0.15) is 0 Å². The maximum atomic E-state index is 5.47. The Labute approximate surface area is 376 Å². The first-order valence-electron chi connectivity index (χ1n) is 22.4. The third kappa shape index (κ3) is 5.04. The molecule has 2 aliphatic carbocycles. The largest absolute Gasteiger partial charge is 0.208 e. The topological polar surface area (TPSA) is 38.7 Å². The van der Waals surface area contributed by atoms with Crippen LogP contribution in [0.5, 0.6) is 0 Å². The highest BCUT2D eigenvalue weighted by atomic mass is 15.0. The summed E-state index contributed by atoms with van der Waals surface area (Å²) in [5, 5.41) is 9.93. The van der Waals surface area contributed by atoms with Gasteiger partial charge in [0.15, 0.2) is 17.5 Å². The lowest BCUT2D eigenvalue weighted by atomic mass is 9.70. The Hall–Kier alpha value is -8.53. The summed E-state index contributed by atoms with van der Waals surface area (Å²) in [7, 11) is 0. The van der Waals surface area contributed by atoms with E-state index >= 15 is 0 Å². The molecule has 1 aromatic heterocycles. The first kappa shape index (κ1) is 36.0. The van der Waals surface area contributed by atoms with Crippen molar-refractivity contribution in [1.29, 1.82) is 0 Å². The average molecular weight is 824 g/mol. The maximum Gasteiger partial charge on any atom is 0.164 e. The predicted molar refractivity (Wildman–Crippen MR) is 268 cm³/mol. The summed E-state index contributed by atoms with van der Waals surface area (Å²) < 4.78 is 0. The van der Waals surface area contributed by atoms with Gasteiger partial charge in [0.2, 0.25) is 0 Å². The highest BCUT2D eigenvalue weighted by Gasteiger charge is 2.51. The molecular weight excluding hydrogens is 787 g/mol. The Morgan fingerprint density at radius 3 is 1.26 bits per heavy atom. The van der Waals surface area contributed by atoms with Crippen LogP contribution in [0.2, 0.25) is 0 Å². The van der Waals surface area contributed by atoms with Gasteiger partial charge >= 0.3 is 0 Å². The molecule has 0 saturated carbocycles. The van der Waals surface area contributed by atoms with Crippen molar-refractivity contribution in [2.24, 2.45) is 0 Å². The molecule has 1 spiro atoms. The predicted octanol–water partition coefficient (Wildman–Crippen LogP) is 15.5. The van der Waals surface area contributed by atoms with Crippen LogP contribution >= 0.6 is 0 Å². The summed E-state index contributed by atoms with van der Waals surface area (Å²) in [6, 6.07) is 81.5. The SMILES string of the molecule is c1ccc(-c2nc(-c3ccc4c(c3)C3(c5ccccc5-c5ccccc53)c3ccccc3-4)nc(-c3ccccc3-c3cc4c5ccccc5c5ccccc5c4c4ccccc34)n2)cc1. The number of nitrogens with zero attached hydrogens (tertiary/aromatic N) is 3. The van der Waals surface area contributed by atoms with Crippen molar-refractivity contribution in [2.75, 3.05) is 0 Å². The van der Waals surface area contributed by atoms with Crippen LogP contribution in [0.3, 0.4) is 0 Å². The van der Waals surface area contributed by atoms with E-state index in [2.05, 4.69) is 206 Å². The number of fused-ring (bicyclic) bond motifs is 18. The minimum Gasteiger partial charge on any atom is -0.208 e. The number of hydrogen-bond donors (Lipinski definition) is 0. The van der Waals surface area contributed by atoms with Crippen LogP contribution in [0, 0.1) is 0 Å². The van der Waals surface area contributed by atoms with E-state index in [9.17, 15) is 0 Å². The molecule has 300 valence electrons. The summed E-state index contributed by atoms with van der Waals surface area (Å²) >= 11 is 0. The second kappa shape index (κ2) is 13.7. The highest BCUT2D eigenvalue weighted by Crippen LogP contribution is 2.63. The Morgan fingerprint density at radius 1 is 0.231 bits per heavy atom. The summed E-state index contributed by atoms with van der Waals surface area (Å²) in [5.74, 6) is 1.90. The Morgan fingerprint density at radius 2 is 0.646 bits per heavy atom. The van der Waals surface area contributed by atoms with Crippen LogP contribution in [0.15, 0.2) is 224 Å². The molecule has 11 aromatic carbocycles. The molecule has 0 amide bonds. The first-order chi connectivity index (χ1) is 32.3. The molecule has 3 nitrogen and oxygen atoms in total. The molecule has 0 bridgehead atoms. The molecule has 0 N–H and O–H groups in total. The monoisotopic (exact) mass is 823 g/mol. The molecule has 0 atom stereocenters. The summed E-state index contributed by atoms with van der Waals surface area (Å²) in [5.41, 5.74) is 14.8. The first-order valence-corrected chi connectivity index (χ1v) is 22.4. The summed E-state index contributed by atoms with van der Waals surface area (Å²) in [4.78, 5) is 16.1. The third-order valence-electron chi connectivity index (χ3n) is 14.1. The standard InChI is InChI=1S/C62H37N3/c1-2-18-38(19-3-1)59-63-60(39-34-35-48-47-27-14-17-33-56(47)62(57(48)36-39)54-31-15-12-25-45(54)46-26-13-16-32-55(46)62)65-61(64-59)51-30-11-8-24-44(51)52-37-53-42-22-5-4-20-40(42)41-21-6-9-28-49(41)58(53)50-29-10-7-23-43(50)52/h1-37H. The molecule has 2 aliphatic rings. The molecule has 0 fully saturated rings. The van der Waals surface area contributed by atoms with Crippen molar-refractivity contribution in [2.45, 2.75) is 5.41 Å². The summed E-state index contributed by atoms with van der Waals surface area (Å²) in [6.07, 6.45) is 0. The van der Waals surface area contributed by atoms with Gasteiger partial charge in [-0.15, -0.1) is 0 Å². The Balaban J connectivity index is 1.02. The number of benzene rings is 11. The quantitative estimate of drug-likeness (QED) is 0.166. The highest BCUT2D eigenvalue weighted by molar-refractivity contribution is 6.33. The fourth-order valence-electron chi connectivity index (χ4n) is 11.5. The van der Waals surface area contributed by atoms with Gasteiger partial charge in [0.05, 0.1) is 5.41 Å². The smallest absolute Gasteiger partial charge is 0.164 e. The molecule has 0 unspecified atom stereocenters. The summed E-state index contributed by atoms with van der Waals surface area (Å²) in [6.45, 7) is 0. The van der Waals surface area contributed by atoms with E-state index in [1.54, 1.807) is 0 Å². The molecule has 0 aliphatic heterocycles. The van der Waals surface area contributed by atoms with E-state index in [0.717, 1.165) is 27.8 Å². The Bertz CT molecular complexity index is 3900. The molecule has 65 heavy (non-hydrogen) atoms. The van der Waals surface area contributed by atoms with Gasteiger partial charge in [0.25, 0.3) is 0 Å². The van der Waals surface area contributed by atoms with Crippen molar-refractivity contribution >= 4 is 43.1 Å². The molecular formula is C62H37N3. The van der Waals surface area contributed by atoms with E-state index in [0.29, 0.717) is 17.5 Å². The van der Waals surface area contributed by atoms with E-state index < -0.39 is 5.41 Å². The number of rotatable bonds is 4. The number of aromatic nitrogens is 3. The van der Waals surface area contributed by atoms with Gasteiger partial charge in [-0.05, 0) is 111 Å². The Kier molecular flexibility index (Phi) is 7.61. The van der Waals surface area contributed by atoms with Crippen LogP contribution in [-0.2, 0) is 5.41 Å². The van der Waals surface area contributed by atoms with E-state index in [1.165, 1.54) is 87.6 Å². The molecule has 3 heteroatoms. The fraction of sp³-hybridized carbons (Fsp3) is 0.0161. The molecule has 1 heterocycles. The van der Waals surface area contributed by atoms with Gasteiger partial charge < -0.3 is 0 Å². The molecule has 0 saturated heterocycles. The van der Waals surface area contributed by atoms with Crippen LogP contribution in [0.25, 0.3) is 111 Å². The van der Waals surface area contributed by atoms with Gasteiger partial charge in [-0.1, -0.05) is 212 Å². The minimum absolute atomic E-state index is 0.480. The van der Waals surface area contributed by atoms with Crippen LogP contribution in [0.1, 0.15) is 22.3 Å². The molecule has 0 radical (unpaired) electrons. The van der Waals surface area contributed by atoms with Gasteiger partial charge in [-0.25, -0.2) is 15.0 Å². The lowest BCUT2D eigenvalue weighted by Crippen LogP contribution is -2.25. The minimum atomic E-state index is -0.480. The average Bonchev–Trinajstić information content (AvgIpc) is 3.85. The zero-order valence-electron chi connectivity index (χ0n) is 35.2. The molecule has 12 aromatic rings. The van der Waals surface area contributed by atoms with Crippen molar-refractivity contribution in [1.82, 2.24) is 15.0 Å². The van der Waals surface area contributed by atoms with E-state index in [1.807, 2.05) is 18.2 Å². The lowest BCUT2D eigenvalue weighted by molar-refractivity contribution is 0.794. The second-order valence-corrected chi connectivity index (χ2v) is 17.3. The van der Waals surface area contributed by atoms with Crippen molar-refractivity contribution in [3.63, 3.8) is 0 Å². The second-order valence-electron chi connectivity index (χ2n) is 17.3. The van der Waals surface area contributed by atoms with Gasteiger partial charge in [0, 0.05) is 16.7 Å². The molecule has 14 rings (SSSR count). The van der Waals surface area contributed by atoms with Gasteiger partial charge in [-0.2, -0.15) is 0 Å². The lowest BCUT2D eigenvalue weighted by Gasteiger charge is -2.30. The number of hydrogen-bond acceptors (Lipinski definition) is 3. The van der Waals surface area contributed by atoms with E-state index in [4.69, 9.17) is 15.0 Å². The van der Waals surface area contributed by atoms with E-state index in [-0.39, 0.29) is 0 Å². The zero-order chi connectivity index (χ0) is 42.6. The van der Waals surface area contributed by atoms with Crippen LogP contribution in [-0.4, -0.2) is 15.0 Å². The van der Waals surface area contributed by atoms with Crippen molar-refractivity contribution < 1.29 is 0 Å².